The highest BCUT2D eigenvalue weighted by Gasteiger charge is 2.09. The second-order valence-corrected chi connectivity index (χ2v) is 5.01. The Morgan fingerprint density at radius 3 is 2.54 bits per heavy atom. The molecule has 24 heavy (non-hydrogen) atoms. The number of ether oxygens (including phenoxy) is 1. The van der Waals surface area contributed by atoms with Crippen LogP contribution in [0.25, 0.3) is 0 Å². The lowest BCUT2D eigenvalue weighted by atomic mass is 10.1. The smallest absolute Gasteiger partial charge is 0.267 e. The lowest BCUT2D eigenvalue weighted by Gasteiger charge is -2.08. The molecule has 5 nitrogen and oxygen atoms in total. The molecule has 0 aliphatic heterocycles. The lowest BCUT2D eigenvalue weighted by Crippen LogP contribution is -2.14. The Morgan fingerprint density at radius 1 is 1.21 bits per heavy atom. The quantitative estimate of drug-likeness (QED) is 0.628. The van der Waals surface area contributed by atoms with Crippen LogP contribution in [-0.4, -0.2) is 13.0 Å². The number of nitriles is 1. The van der Waals surface area contributed by atoms with Crippen LogP contribution in [0.15, 0.2) is 60.3 Å². The molecule has 0 atom stereocenters. The first kappa shape index (κ1) is 17.1. The number of anilines is 2. The molecule has 0 fully saturated rings. The fraction of sp³-hybridized carbons (Fsp3) is 0.158. The van der Waals surface area contributed by atoms with E-state index in [2.05, 4.69) is 10.6 Å². The Hall–Kier alpha value is -3.26. The Balaban J connectivity index is 2.09. The maximum atomic E-state index is 12.2. The van der Waals surface area contributed by atoms with Gasteiger partial charge in [-0.2, -0.15) is 5.26 Å². The van der Waals surface area contributed by atoms with E-state index in [-0.39, 0.29) is 5.57 Å². The van der Waals surface area contributed by atoms with Gasteiger partial charge in [-0.3, -0.25) is 4.79 Å². The number of carbonyl (C=O) groups is 1. The summed E-state index contributed by atoms with van der Waals surface area (Å²) in [4.78, 5) is 12.2. The monoisotopic (exact) mass is 321 g/mol. The first-order chi connectivity index (χ1) is 11.7. The Bertz CT molecular complexity index is 774. The van der Waals surface area contributed by atoms with Gasteiger partial charge >= 0.3 is 0 Å². The van der Waals surface area contributed by atoms with Gasteiger partial charge in [0.15, 0.2) is 0 Å². The van der Waals surface area contributed by atoms with E-state index in [9.17, 15) is 10.1 Å². The van der Waals surface area contributed by atoms with Gasteiger partial charge in [0.2, 0.25) is 0 Å². The minimum absolute atomic E-state index is 0.00303. The van der Waals surface area contributed by atoms with Crippen LogP contribution >= 0.6 is 0 Å². The lowest BCUT2D eigenvalue weighted by molar-refractivity contribution is -0.112. The molecular weight excluding hydrogens is 302 g/mol. The highest BCUT2D eigenvalue weighted by Crippen LogP contribution is 2.17. The van der Waals surface area contributed by atoms with E-state index in [1.54, 1.807) is 31.4 Å². The third-order valence-corrected chi connectivity index (χ3v) is 3.48. The SMILES string of the molecule is CCc1ccccc1N/C=C(/C#N)C(=O)Nc1ccc(OC)cc1. The summed E-state index contributed by atoms with van der Waals surface area (Å²) in [6, 6.07) is 16.6. The van der Waals surface area contributed by atoms with Crippen LogP contribution in [0.1, 0.15) is 12.5 Å². The maximum absolute atomic E-state index is 12.2. The number of aryl methyl sites for hydroxylation is 1. The van der Waals surface area contributed by atoms with E-state index in [0.717, 1.165) is 17.7 Å². The third kappa shape index (κ3) is 4.37. The van der Waals surface area contributed by atoms with Crippen LogP contribution in [0.2, 0.25) is 0 Å². The predicted octanol–water partition coefficient (Wildman–Crippen LogP) is 3.72. The summed E-state index contributed by atoms with van der Waals surface area (Å²) in [5.74, 6) is 0.228. The maximum Gasteiger partial charge on any atom is 0.267 e. The zero-order chi connectivity index (χ0) is 17.4. The summed E-state index contributed by atoms with van der Waals surface area (Å²) < 4.78 is 5.07. The number of amides is 1. The molecule has 0 radical (unpaired) electrons. The molecule has 2 aromatic rings. The van der Waals surface area contributed by atoms with Crippen molar-refractivity contribution < 1.29 is 9.53 Å². The molecule has 0 bridgehead atoms. The molecule has 0 aliphatic rings. The summed E-state index contributed by atoms with van der Waals surface area (Å²) in [5, 5.41) is 14.9. The summed E-state index contributed by atoms with van der Waals surface area (Å²) in [6.45, 7) is 2.05. The van der Waals surface area contributed by atoms with Crippen molar-refractivity contribution in [2.24, 2.45) is 0 Å². The van der Waals surface area contributed by atoms with Crippen molar-refractivity contribution in [3.05, 3.63) is 65.9 Å². The van der Waals surface area contributed by atoms with Crippen molar-refractivity contribution in [1.29, 1.82) is 5.26 Å². The Morgan fingerprint density at radius 2 is 1.92 bits per heavy atom. The van der Waals surface area contributed by atoms with E-state index in [1.807, 2.05) is 37.3 Å². The first-order valence-corrected chi connectivity index (χ1v) is 7.58. The molecule has 2 N–H and O–H groups in total. The van der Waals surface area contributed by atoms with Crippen LogP contribution in [0, 0.1) is 11.3 Å². The second-order valence-electron chi connectivity index (χ2n) is 5.01. The van der Waals surface area contributed by atoms with Gasteiger partial charge in [0.1, 0.15) is 17.4 Å². The summed E-state index contributed by atoms with van der Waals surface area (Å²) >= 11 is 0. The van der Waals surface area contributed by atoms with Crippen LogP contribution in [0.4, 0.5) is 11.4 Å². The number of methoxy groups -OCH3 is 1. The molecular formula is C19H19N3O2. The van der Waals surface area contributed by atoms with E-state index in [1.165, 1.54) is 6.20 Å². The highest BCUT2D eigenvalue weighted by molar-refractivity contribution is 6.06. The molecule has 2 rings (SSSR count). The molecule has 0 heterocycles. The topological polar surface area (TPSA) is 74.2 Å². The van der Waals surface area contributed by atoms with Crippen molar-refractivity contribution >= 4 is 17.3 Å². The molecule has 0 spiro atoms. The number of nitrogens with one attached hydrogen (secondary N) is 2. The summed E-state index contributed by atoms with van der Waals surface area (Å²) in [6.07, 6.45) is 2.28. The molecule has 0 aromatic heterocycles. The minimum atomic E-state index is -0.468. The van der Waals surface area contributed by atoms with Crippen LogP contribution in [0.5, 0.6) is 5.75 Å². The second kappa shape index (κ2) is 8.39. The molecule has 122 valence electrons. The van der Waals surface area contributed by atoms with Crippen molar-refractivity contribution in [3.63, 3.8) is 0 Å². The number of rotatable bonds is 6. The zero-order valence-corrected chi connectivity index (χ0v) is 13.7. The summed E-state index contributed by atoms with van der Waals surface area (Å²) in [7, 11) is 1.57. The molecule has 1 amide bonds. The number of benzene rings is 2. The zero-order valence-electron chi connectivity index (χ0n) is 13.7. The van der Waals surface area contributed by atoms with Gasteiger partial charge in [-0.1, -0.05) is 25.1 Å². The van der Waals surface area contributed by atoms with E-state index < -0.39 is 5.91 Å². The fourth-order valence-corrected chi connectivity index (χ4v) is 2.14. The van der Waals surface area contributed by atoms with Gasteiger partial charge in [-0.25, -0.2) is 0 Å². The van der Waals surface area contributed by atoms with Crippen molar-refractivity contribution in [2.45, 2.75) is 13.3 Å². The highest BCUT2D eigenvalue weighted by atomic mass is 16.5. The minimum Gasteiger partial charge on any atom is -0.497 e. The Kier molecular flexibility index (Phi) is 5.98. The number of hydrogen-bond donors (Lipinski definition) is 2. The van der Waals surface area contributed by atoms with Gasteiger partial charge < -0.3 is 15.4 Å². The fourth-order valence-electron chi connectivity index (χ4n) is 2.14. The molecule has 0 unspecified atom stereocenters. The Labute approximate surface area is 141 Å². The molecule has 0 saturated heterocycles. The third-order valence-electron chi connectivity index (χ3n) is 3.48. The normalized spacial score (nSPS) is 10.6. The van der Waals surface area contributed by atoms with Crippen molar-refractivity contribution in [3.8, 4) is 11.8 Å². The van der Waals surface area contributed by atoms with Gasteiger partial charge in [0.25, 0.3) is 5.91 Å². The largest absolute Gasteiger partial charge is 0.497 e. The standard InChI is InChI=1S/C19H19N3O2/c1-3-14-6-4-5-7-18(14)21-13-15(12-20)19(23)22-16-8-10-17(24-2)11-9-16/h4-11,13,21H,3H2,1-2H3,(H,22,23)/b15-13-. The van der Waals surface area contributed by atoms with E-state index >= 15 is 0 Å². The van der Waals surface area contributed by atoms with Crippen LogP contribution < -0.4 is 15.4 Å². The van der Waals surface area contributed by atoms with Gasteiger partial charge in [0, 0.05) is 17.6 Å². The van der Waals surface area contributed by atoms with E-state index in [0.29, 0.717) is 11.4 Å². The molecule has 5 heteroatoms. The van der Waals surface area contributed by atoms with Crippen LogP contribution in [-0.2, 0) is 11.2 Å². The average molecular weight is 321 g/mol. The van der Waals surface area contributed by atoms with Crippen LogP contribution in [0.3, 0.4) is 0 Å². The summed E-state index contributed by atoms with van der Waals surface area (Å²) in [5.41, 5.74) is 2.58. The molecule has 0 aliphatic carbocycles. The number of carbonyl (C=O) groups excluding carboxylic acids is 1. The predicted molar refractivity (Wildman–Crippen MR) is 94.8 cm³/mol. The van der Waals surface area contributed by atoms with E-state index in [4.69, 9.17) is 4.74 Å². The first-order valence-electron chi connectivity index (χ1n) is 7.58. The van der Waals surface area contributed by atoms with Crippen molar-refractivity contribution in [1.82, 2.24) is 0 Å². The van der Waals surface area contributed by atoms with Gasteiger partial charge in [-0.05, 0) is 42.3 Å². The molecule has 0 saturated carbocycles. The molecule has 2 aromatic carbocycles. The number of hydrogen-bond acceptors (Lipinski definition) is 4. The van der Waals surface area contributed by atoms with Gasteiger partial charge in [0.05, 0.1) is 7.11 Å². The van der Waals surface area contributed by atoms with Crippen molar-refractivity contribution in [2.75, 3.05) is 17.7 Å². The van der Waals surface area contributed by atoms with Gasteiger partial charge in [-0.15, -0.1) is 0 Å². The average Bonchev–Trinajstić information content (AvgIpc) is 2.63. The number of para-hydroxylation sites is 1. The number of nitrogens with zero attached hydrogens (tertiary/aromatic N) is 1.